The van der Waals surface area contributed by atoms with Crippen LogP contribution < -0.4 is 0 Å². The number of rotatable bonds is 3. The number of hydrogen-bond acceptors (Lipinski definition) is 3. The quantitative estimate of drug-likeness (QED) is 0.630. The summed E-state index contributed by atoms with van der Waals surface area (Å²) in [5.74, 6) is 1.99. The highest BCUT2D eigenvalue weighted by atomic mass is 32.2. The topological polar surface area (TPSA) is 26.0 Å². The molecule has 0 aliphatic rings. The molecule has 10 heavy (non-hydrogen) atoms. The van der Waals surface area contributed by atoms with Gasteiger partial charge < -0.3 is 4.42 Å². The standard InChI is InChI=1S/C7H11NOS/c1-3-6-5-8-7(9-6)10-4-2/h5H,3-4H2,1-2H3. The minimum absolute atomic E-state index is 0.791. The van der Waals surface area contributed by atoms with E-state index in [0.717, 1.165) is 23.2 Å². The van der Waals surface area contributed by atoms with Gasteiger partial charge in [0.05, 0.1) is 6.20 Å². The SMILES string of the molecule is CCSc1ncc(CC)o1. The molecule has 0 bridgehead atoms. The lowest BCUT2D eigenvalue weighted by Gasteiger charge is -1.87. The molecular weight excluding hydrogens is 146 g/mol. The Bertz CT molecular complexity index is 197. The Morgan fingerprint density at radius 3 is 2.90 bits per heavy atom. The number of oxazole rings is 1. The lowest BCUT2D eigenvalue weighted by molar-refractivity contribution is 0.420. The lowest BCUT2D eigenvalue weighted by atomic mass is 10.4. The maximum atomic E-state index is 5.33. The molecule has 0 unspecified atom stereocenters. The van der Waals surface area contributed by atoms with Gasteiger partial charge in [-0.3, -0.25) is 0 Å². The zero-order chi connectivity index (χ0) is 7.40. The molecule has 0 N–H and O–H groups in total. The van der Waals surface area contributed by atoms with E-state index in [1.165, 1.54) is 0 Å². The van der Waals surface area contributed by atoms with Crippen LogP contribution in [0.1, 0.15) is 19.6 Å². The summed E-state index contributed by atoms with van der Waals surface area (Å²) in [6.45, 7) is 4.14. The molecule has 1 aromatic rings. The molecule has 3 heteroatoms. The van der Waals surface area contributed by atoms with E-state index in [4.69, 9.17) is 4.42 Å². The highest BCUT2D eigenvalue weighted by molar-refractivity contribution is 7.99. The van der Waals surface area contributed by atoms with Crippen molar-refractivity contribution >= 4 is 11.8 Å². The van der Waals surface area contributed by atoms with Gasteiger partial charge >= 0.3 is 0 Å². The Labute approximate surface area is 65.0 Å². The van der Waals surface area contributed by atoms with E-state index in [1.807, 2.05) is 0 Å². The maximum Gasteiger partial charge on any atom is 0.255 e. The van der Waals surface area contributed by atoms with E-state index < -0.39 is 0 Å². The average molecular weight is 157 g/mol. The predicted molar refractivity (Wildman–Crippen MR) is 42.3 cm³/mol. The van der Waals surface area contributed by atoms with Crippen molar-refractivity contribution in [2.24, 2.45) is 0 Å². The van der Waals surface area contributed by atoms with E-state index in [-0.39, 0.29) is 0 Å². The van der Waals surface area contributed by atoms with Gasteiger partial charge in [0.25, 0.3) is 5.22 Å². The van der Waals surface area contributed by atoms with Gasteiger partial charge in [0, 0.05) is 6.42 Å². The van der Waals surface area contributed by atoms with Gasteiger partial charge in [0.15, 0.2) is 0 Å². The molecule has 0 saturated carbocycles. The van der Waals surface area contributed by atoms with Crippen molar-refractivity contribution in [1.29, 1.82) is 0 Å². The van der Waals surface area contributed by atoms with Gasteiger partial charge in [-0.25, -0.2) is 4.98 Å². The summed E-state index contributed by atoms with van der Waals surface area (Å²) in [5, 5.41) is 0.791. The van der Waals surface area contributed by atoms with Gasteiger partial charge in [0.2, 0.25) is 0 Å². The largest absolute Gasteiger partial charge is 0.437 e. The Morgan fingerprint density at radius 2 is 2.40 bits per heavy atom. The molecule has 0 radical (unpaired) electrons. The normalized spacial score (nSPS) is 10.2. The van der Waals surface area contributed by atoms with Crippen LogP contribution in [-0.2, 0) is 6.42 Å². The fourth-order valence-electron chi connectivity index (χ4n) is 0.643. The van der Waals surface area contributed by atoms with Crippen molar-refractivity contribution in [2.75, 3.05) is 5.75 Å². The minimum atomic E-state index is 0.791. The number of aryl methyl sites for hydroxylation is 1. The van der Waals surface area contributed by atoms with E-state index in [2.05, 4.69) is 18.8 Å². The van der Waals surface area contributed by atoms with Crippen LogP contribution in [0.3, 0.4) is 0 Å². The number of aromatic nitrogens is 1. The first-order valence-corrected chi connectivity index (χ1v) is 4.42. The van der Waals surface area contributed by atoms with Crippen molar-refractivity contribution in [3.05, 3.63) is 12.0 Å². The third-order valence-corrected chi connectivity index (χ3v) is 1.87. The monoisotopic (exact) mass is 157 g/mol. The molecular formula is C7H11NOS. The molecule has 0 aliphatic carbocycles. The Hall–Kier alpha value is -0.440. The van der Waals surface area contributed by atoms with E-state index in [1.54, 1.807) is 18.0 Å². The van der Waals surface area contributed by atoms with Crippen LogP contribution >= 0.6 is 11.8 Å². The summed E-state index contributed by atoms with van der Waals surface area (Å²) < 4.78 is 5.33. The molecule has 2 nitrogen and oxygen atoms in total. The van der Waals surface area contributed by atoms with Crippen LogP contribution in [0.25, 0.3) is 0 Å². The molecule has 0 spiro atoms. The summed E-state index contributed by atoms with van der Waals surface area (Å²) >= 11 is 1.63. The second-order valence-corrected chi connectivity index (χ2v) is 3.09. The Kier molecular flexibility index (Phi) is 2.81. The molecule has 0 amide bonds. The molecule has 0 aromatic carbocycles. The Balaban J connectivity index is 2.59. The smallest absolute Gasteiger partial charge is 0.255 e. The maximum absolute atomic E-state index is 5.33. The third kappa shape index (κ3) is 1.77. The molecule has 0 aliphatic heterocycles. The lowest BCUT2D eigenvalue weighted by Crippen LogP contribution is -1.69. The molecule has 1 aromatic heterocycles. The third-order valence-electron chi connectivity index (χ3n) is 1.15. The number of thioether (sulfide) groups is 1. The summed E-state index contributed by atoms with van der Waals surface area (Å²) in [7, 11) is 0. The van der Waals surface area contributed by atoms with E-state index >= 15 is 0 Å². The molecule has 1 rings (SSSR count). The molecule has 0 atom stereocenters. The fraction of sp³-hybridized carbons (Fsp3) is 0.571. The van der Waals surface area contributed by atoms with Crippen molar-refractivity contribution in [2.45, 2.75) is 25.5 Å². The summed E-state index contributed by atoms with van der Waals surface area (Å²) in [5.41, 5.74) is 0. The van der Waals surface area contributed by atoms with Crippen LogP contribution in [0, 0.1) is 0 Å². The number of nitrogens with zero attached hydrogens (tertiary/aromatic N) is 1. The van der Waals surface area contributed by atoms with Gasteiger partial charge in [-0.2, -0.15) is 0 Å². The summed E-state index contributed by atoms with van der Waals surface area (Å²) in [4.78, 5) is 4.07. The van der Waals surface area contributed by atoms with Gasteiger partial charge in [0.1, 0.15) is 5.76 Å². The van der Waals surface area contributed by atoms with E-state index in [0.29, 0.717) is 0 Å². The van der Waals surface area contributed by atoms with E-state index in [9.17, 15) is 0 Å². The summed E-state index contributed by atoms with van der Waals surface area (Å²) in [6.07, 6.45) is 2.72. The highest BCUT2D eigenvalue weighted by Gasteiger charge is 1.99. The first-order valence-electron chi connectivity index (χ1n) is 3.44. The molecule has 1 heterocycles. The fourth-order valence-corrected chi connectivity index (χ4v) is 1.18. The van der Waals surface area contributed by atoms with Gasteiger partial charge in [-0.1, -0.05) is 25.6 Å². The second kappa shape index (κ2) is 3.66. The Morgan fingerprint density at radius 1 is 1.60 bits per heavy atom. The van der Waals surface area contributed by atoms with Crippen molar-refractivity contribution in [3.8, 4) is 0 Å². The molecule has 0 fully saturated rings. The predicted octanol–water partition coefficient (Wildman–Crippen LogP) is 2.35. The minimum Gasteiger partial charge on any atom is -0.437 e. The average Bonchev–Trinajstić information content (AvgIpc) is 2.37. The molecule has 56 valence electrons. The first kappa shape index (κ1) is 7.66. The zero-order valence-electron chi connectivity index (χ0n) is 6.26. The van der Waals surface area contributed by atoms with Crippen LogP contribution in [0.2, 0.25) is 0 Å². The highest BCUT2D eigenvalue weighted by Crippen LogP contribution is 2.16. The van der Waals surface area contributed by atoms with Crippen LogP contribution in [0.5, 0.6) is 0 Å². The van der Waals surface area contributed by atoms with Gasteiger partial charge in [-0.05, 0) is 5.75 Å². The van der Waals surface area contributed by atoms with Gasteiger partial charge in [-0.15, -0.1) is 0 Å². The second-order valence-electron chi connectivity index (χ2n) is 1.88. The first-order chi connectivity index (χ1) is 4.86. The van der Waals surface area contributed by atoms with Crippen molar-refractivity contribution in [3.63, 3.8) is 0 Å². The molecule has 0 saturated heterocycles. The van der Waals surface area contributed by atoms with Crippen molar-refractivity contribution in [1.82, 2.24) is 4.98 Å². The van der Waals surface area contributed by atoms with Crippen molar-refractivity contribution < 1.29 is 4.42 Å². The van der Waals surface area contributed by atoms with Crippen LogP contribution in [0.4, 0.5) is 0 Å². The van der Waals surface area contributed by atoms with Crippen LogP contribution in [-0.4, -0.2) is 10.7 Å². The summed E-state index contributed by atoms with van der Waals surface area (Å²) in [6, 6.07) is 0. The zero-order valence-corrected chi connectivity index (χ0v) is 7.07. The number of hydrogen-bond donors (Lipinski definition) is 0. The van der Waals surface area contributed by atoms with Crippen LogP contribution in [0.15, 0.2) is 15.8 Å².